The molecule has 13 atom stereocenters. The number of ether oxygens (including phenoxy) is 5. The van der Waals surface area contributed by atoms with Gasteiger partial charge in [-0.3, -0.25) is 14.4 Å². The standard InChI is InChI=1S/C29H40O10/c1-13-8-28(9-14(2)24(33)39-28)38-23(13)26(5)11-20(32)35-21-15-6-17(30)22-25(3,4)36-18-7-19(31)37-29(18,22)12-27(15,34)10-16(21)26/h13-18,21-23,30,34H,6-12H2,1-5H3/t13-,14+,15-,16+,17+,18-,21-,22+,23-,26-,27+,28-,29+/m1/s1. The van der Waals surface area contributed by atoms with Gasteiger partial charge >= 0.3 is 17.9 Å². The van der Waals surface area contributed by atoms with Gasteiger partial charge in [-0.25, -0.2) is 0 Å². The molecule has 0 amide bonds. The highest BCUT2D eigenvalue weighted by molar-refractivity contribution is 5.75. The van der Waals surface area contributed by atoms with Crippen LogP contribution in [0.2, 0.25) is 0 Å². The Morgan fingerprint density at radius 2 is 1.67 bits per heavy atom. The van der Waals surface area contributed by atoms with E-state index in [0.717, 1.165) is 0 Å². The molecule has 2 aliphatic carbocycles. The first-order valence-electron chi connectivity index (χ1n) is 14.5. The van der Waals surface area contributed by atoms with E-state index < -0.39 is 58.2 Å². The number of fused-ring (bicyclic) bond motifs is 3. The summed E-state index contributed by atoms with van der Waals surface area (Å²) in [6, 6.07) is 0. The van der Waals surface area contributed by atoms with Crippen LogP contribution < -0.4 is 0 Å². The van der Waals surface area contributed by atoms with Gasteiger partial charge in [-0.2, -0.15) is 0 Å². The van der Waals surface area contributed by atoms with Crippen molar-refractivity contribution in [3.63, 3.8) is 0 Å². The van der Waals surface area contributed by atoms with Gasteiger partial charge in [-0.1, -0.05) is 20.8 Å². The summed E-state index contributed by atoms with van der Waals surface area (Å²) in [5.74, 6) is -3.55. The minimum atomic E-state index is -1.35. The first kappa shape index (κ1) is 26.2. The third kappa shape index (κ3) is 3.37. The number of esters is 3. The molecule has 0 unspecified atom stereocenters. The summed E-state index contributed by atoms with van der Waals surface area (Å²) >= 11 is 0. The van der Waals surface area contributed by atoms with E-state index >= 15 is 0 Å². The van der Waals surface area contributed by atoms with E-state index in [1.165, 1.54) is 0 Å². The highest BCUT2D eigenvalue weighted by atomic mass is 16.7. The number of carbonyl (C=O) groups excluding carboxylic acids is 3. The largest absolute Gasteiger partial charge is 0.462 e. The van der Waals surface area contributed by atoms with E-state index in [9.17, 15) is 24.6 Å². The predicted molar refractivity (Wildman–Crippen MR) is 132 cm³/mol. The molecule has 5 heterocycles. The first-order valence-corrected chi connectivity index (χ1v) is 14.5. The molecule has 5 aliphatic heterocycles. The lowest BCUT2D eigenvalue weighted by Gasteiger charge is -2.47. The van der Waals surface area contributed by atoms with Crippen molar-refractivity contribution in [2.24, 2.45) is 35.0 Å². The smallest absolute Gasteiger partial charge is 0.311 e. The van der Waals surface area contributed by atoms with Crippen molar-refractivity contribution in [2.45, 2.75) is 127 Å². The number of hydrogen-bond donors (Lipinski definition) is 2. The SMILES string of the molecule is C[C@@H]1C[C@@]2(C[C@H](C)C(=O)O2)O[C@H]1[C@]1(C)CC(=O)O[C@@H]2[C@H]3C[C@H](O)[C@H]4C(C)(C)O[C@@H]5CC(=O)O[C@@]54C[C@@]3(O)C[C@@H]21. The van der Waals surface area contributed by atoms with Gasteiger partial charge in [0.1, 0.15) is 17.8 Å². The van der Waals surface area contributed by atoms with E-state index in [4.69, 9.17) is 23.7 Å². The van der Waals surface area contributed by atoms with Crippen molar-refractivity contribution < 1.29 is 48.3 Å². The summed E-state index contributed by atoms with van der Waals surface area (Å²) in [4.78, 5) is 38.0. The minimum Gasteiger partial charge on any atom is -0.462 e. The Morgan fingerprint density at radius 3 is 2.36 bits per heavy atom. The quantitative estimate of drug-likeness (QED) is 0.370. The molecule has 2 spiro atoms. The highest BCUT2D eigenvalue weighted by Crippen LogP contribution is 2.66. The molecular formula is C29H40O10. The number of aliphatic hydroxyl groups is 2. The van der Waals surface area contributed by atoms with Crippen LogP contribution in [0.3, 0.4) is 0 Å². The molecule has 0 aromatic carbocycles. The number of hydrogen-bond acceptors (Lipinski definition) is 10. The monoisotopic (exact) mass is 548 g/mol. The Balaban J connectivity index is 1.25. The average molecular weight is 549 g/mol. The maximum absolute atomic E-state index is 13.2. The minimum absolute atomic E-state index is 0.0115. The fourth-order valence-corrected chi connectivity index (χ4v) is 10.4. The summed E-state index contributed by atoms with van der Waals surface area (Å²) in [6.07, 6.45) is -0.628. The molecular weight excluding hydrogens is 508 g/mol. The molecule has 0 bridgehead atoms. The maximum atomic E-state index is 13.2. The van der Waals surface area contributed by atoms with E-state index in [-0.39, 0.29) is 67.4 Å². The third-order valence-electron chi connectivity index (χ3n) is 11.5. The van der Waals surface area contributed by atoms with Gasteiger partial charge < -0.3 is 33.9 Å². The molecule has 10 heteroatoms. The molecule has 0 radical (unpaired) electrons. The van der Waals surface area contributed by atoms with Crippen LogP contribution in [0.1, 0.15) is 79.6 Å². The highest BCUT2D eigenvalue weighted by Gasteiger charge is 2.75. The van der Waals surface area contributed by atoms with E-state index in [1.54, 1.807) is 0 Å². The lowest BCUT2D eigenvalue weighted by Crippen LogP contribution is -2.53. The Hall–Kier alpha value is -1.75. The zero-order valence-corrected chi connectivity index (χ0v) is 23.3. The van der Waals surface area contributed by atoms with Gasteiger partial charge in [0.15, 0.2) is 0 Å². The Labute approximate surface area is 228 Å². The second kappa shape index (κ2) is 7.75. The van der Waals surface area contributed by atoms with Gasteiger partial charge in [0, 0.05) is 36.5 Å². The zero-order chi connectivity index (χ0) is 27.9. The van der Waals surface area contributed by atoms with Crippen molar-refractivity contribution in [3.05, 3.63) is 0 Å². The Morgan fingerprint density at radius 1 is 0.923 bits per heavy atom. The zero-order valence-electron chi connectivity index (χ0n) is 23.3. The van der Waals surface area contributed by atoms with Gasteiger partial charge in [-0.15, -0.1) is 0 Å². The average Bonchev–Trinajstić information content (AvgIpc) is 3.48. The van der Waals surface area contributed by atoms with Gasteiger partial charge in [-0.05, 0) is 32.6 Å². The summed E-state index contributed by atoms with van der Waals surface area (Å²) in [7, 11) is 0. The topological polar surface area (TPSA) is 138 Å². The van der Waals surface area contributed by atoms with Gasteiger partial charge in [0.2, 0.25) is 5.79 Å². The van der Waals surface area contributed by atoms with Gasteiger partial charge in [0.05, 0.1) is 48.1 Å². The maximum Gasteiger partial charge on any atom is 0.311 e. The third-order valence-corrected chi connectivity index (χ3v) is 11.5. The Kier molecular flexibility index (Phi) is 5.20. The number of carbonyl (C=O) groups is 3. The molecule has 7 fully saturated rings. The van der Waals surface area contributed by atoms with Crippen LogP contribution in [0.15, 0.2) is 0 Å². The first-order chi connectivity index (χ1) is 18.1. The molecule has 10 nitrogen and oxygen atoms in total. The molecule has 0 aromatic heterocycles. The van der Waals surface area contributed by atoms with Crippen molar-refractivity contribution >= 4 is 17.9 Å². The number of rotatable bonds is 1. The number of aliphatic hydroxyl groups excluding tert-OH is 1. The van der Waals surface area contributed by atoms with Crippen molar-refractivity contribution in [2.75, 3.05) is 0 Å². The summed E-state index contributed by atoms with van der Waals surface area (Å²) in [5, 5.41) is 24.0. The van der Waals surface area contributed by atoms with Crippen LogP contribution in [0, 0.1) is 35.0 Å². The van der Waals surface area contributed by atoms with E-state index in [0.29, 0.717) is 19.3 Å². The molecule has 216 valence electrons. The van der Waals surface area contributed by atoms with Crippen LogP contribution in [0.4, 0.5) is 0 Å². The molecule has 0 aromatic rings. The predicted octanol–water partition coefficient (Wildman–Crippen LogP) is 2.01. The lowest BCUT2D eigenvalue weighted by molar-refractivity contribution is -0.234. The summed E-state index contributed by atoms with van der Waals surface area (Å²) < 4.78 is 30.6. The Bertz CT molecular complexity index is 1140. The van der Waals surface area contributed by atoms with Crippen molar-refractivity contribution in [1.82, 2.24) is 0 Å². The molecule has 5 saturated heterocycles. The fraction of sp³-hybridized carbons (Fsp3) is 0.897. The molecule has 7 aliphatic rings. The van der Waals surface area contributed by atoms with Crippen LogP contribution in [0.5, 0.6) is 0 Å². The normalized spacial score (nSPS) is 57.3. The van der Waals surface area contributed by atoms with Crippen LogP contribution in [-0.4, -0.2) is 75.1 Å². The van der Waals surface area contributed by atoms with E-state index in [1.807, 2.05) is 27.7 Å². The molecule has 2 saturated carbocycles. The van der Waals surface area contributed by atoms with Gasteiger partial charge in [0.25, 0.3) is 0 Å². The van der Waals surface area contributed by atoms with Crippen LogP contribution >= 0.6 is 0 Å². The molecule has 2 N–H and O–H groups in total. The summed E-state index contributed by atoms with van der Waals surface area (Å²) in [5.41, 5.74) is -3.94. The lowest BCUT2D eigenvalue weighted by atomic mass is 9.63. The van der Waals surface area contributed by atoms with Crippen LogP contribution in [-0.2, 0) is 38.1 Å². The fourth-order valence-electron chi connectivity index (χ4n) is 10.4. The van der Waals surface area contributed by atoms with Crippen molar-refractivity contribution in [1.29, 1.82) is 0 Å². The van der Waals surface area contributed by atoms with E-state index in [2.05, 4.69) is 6.92 Å². The molecule has 7 rings (SSSR count). The van der Waals surface area contributed by atoms with Crippen molar-refractivity contribution in [3.8, 4) is 0 Å². The summed E-state index contributed by atoms with van der Waals surface area (Å²) in [6.45, 7) is 9.71. The molecule has 39 heavy (non-hydrogen) atoms. The second-order valence-electron chi connectivity index (χ2n) is 14.6. The second-order valence-corrected chi connectivity index (χ2v) is 14.6. The van der Waals surface area contributed by atoms with Crippen LogP contribution in [0.25, 0.3) is 0 Å².